The highest BCUT2D eigenvalue weighted by molar-refractivity contribution is 7.11. The fourth-order valence-electron chi connectivity index (χ4n) is 3.30. The number of piperazine rings is 1. The quantitative estimate of drug-likeness (QED) is 0.924. The molecule has 1 fully saturated rings. The second-order valence-electron chi connectivity index (χ2n) is 6.12. The highest BCUT2D eigenvalue weighted by Gasteiger charge is 2.30. The van der Waals surface area contributed by atoms with Crippen molar-refractivity contribution in [3.8, 4) is 0 Å². The lowest BCUT2D eigenvalue weighted by atomic mass is 9.97. The SMILES string of the molecule is CCNC1CCCc2sc(C3CN(C)CCN3C)nc21. The lowest BCUT2D eigenvalue weighted by Gasteiger charge is -2.36. The van der Waals surface area contributed by atoms with Crippen molar-refractivity contribution < 1.29 is 0 Å². The Morgan fingerprint density at radius 2 is 2.20 bits per heavy atom. The Morgan fingerprint density at radius 3 is 3.00 bits per heavy atom. The minimum Gasteiger partial charge on any atom is -0.309 e. The summed E-state index contributed by atoms with van der Waals surface area (Å²) in [6.45, 7) is 6.63. The summed E-state index contributed by atoms with van der Waals surface area (Å²) in [5.41, 5.74) is 1.35. The van der Waals surface area contributed by atoms with Gasteiger partial charge in [0.15, 0.2) is 0 Å². The first-order valence-corrected chi connectivity index (χ1v) is 8.62. The van der Waals surface area contributed by atoms with E-state index in [0.29, 0.717) is 12.1 Å². The van der Waals surface area contributed by atoms with E-state index >= 15 is 0 Å². The molecule has 2 atom stereocenters. The van der Waals surface area contributed by atoms with Crippen LogP contribution in [0.25, 0.3) is 0 Å². The van der Waals surface area contributed by atoms with Gasteiger partial charge in [-0.05, 0) is 39.9 Å². The van der Waals surface area contributed by atoms with Gasteiger partial charge < -0.3 is 10.2 Å². The largest absolute Gasteiger partial charge is 0.309 e. The summed E-state index contributed by atoms with van der Waals surface area (Å²) in [6.07, 6.45) is 3.76. The highest BCUT2D eigenvalue weighted by atomic mass is 32.1. The van der Waals surface area contributed by atoms with Gasteiger partial charge in [0.2, 0.25) is 0 Å². The number of hydrogen-bond donors (Lipinski definition) is 1. The molecule has 1 aromatic heterocycles. The number of nitrogens with one attached hydrogen (secondary N) is 1. The number of hydrogen-bond acceptors (Lipinski definition) is 5. The van der Waals surface area contributed by atoms with E-state index in [2.05, 4.69) is 36.1 Å². The number of fused-ring (bicyclic) bond motifs is 1. The van der Waals surface area contributed by atoms with Crippen molar-refractivity contribution in [2.75, 3.05) is 40.3 Å². The maximum absolute atomic E-state index is 5.05. The van der Waals surface area contributed by atoms with Gasteiger partial charge in [0, 0.05) is 24.5 Å². The van der Waals surface area contributed by atoms with Crippen LogP contribution in [0.5, 0.6) is 0 Å². The van der Waals surface area contributed by atoms with Crippen LogP contribution in [0.15, 0.2) is 0 Å². The summed E-state index contributed by atoms with van der Waals surface area (Å²) in [7, 11) is 4.45. The maximum Gasteiger partial charge on any atom is 0.112 e. The predicted molar refractivity (Wildman–Crippen MR) is 84.3 cm³/mol. The molecule has 1 aliphatic carbocycles. The Bertz CT molecular complexity index is 459. The fraction of sp³-hybridized carbons (Fsp3) is 0.800. The van der Waals surface area contributed by atoms with Gasteiger partial charge in [-0.3, -0.25) is 4.90 Å². The number of aryl methyl sites for hydroxylation is 1. The van der Waals surface area contributed by atoms with Crippen LogP contribution in [-0.4, -0.2) is 55.1 Å². The average Bonchev–Trinajstić information content (AvgIpc) is 2.87. The van der Waals surface area contributed by atoms with Gasteiger partial charge >= 0.3 is 0 Å². The van der Waals surface area contributed by atoms with E-state index in [1.807, 2.05) is 11.3 Å². The van der Waals surface area contributed by atoms with Gasteiger partial charge in [-0.25, -0.2) is 4.98 Å². The summed E-state index contributed by atoms with van der Waals surface area (Å²) >= 11 is 1.96. The number of nitrogens with zero attached hydrogens (tertiary/aromatic N) is 3. The molecule has 112 valence electrons. The molecule has 5 heteroatoms. The van der Waals surface area contributed by atoms with E-state index < -0.39 is 0 Å². The molecule has 2 unspecified atom stereocenters. The zero-order chi connectivity index (χ0) is 14.1. The summed E-state index contributed by atoms with van der Waals surface area (Å²) in [5, 5.41) is 4.92. The predicted octanol–water partition coefficient (Wildman–Crippen LogP) is 2.05. The Hall–Kier alpha value is -0.490. The van der Waals surface area contributed by atoms with Crippen LogP contribution in [0.1, 0.15) is 47.4 Å². The third-order valence-electron chi connectivity index (χ3n) is 4.56. The monoisotopic (exact) mass is 294 g/mol. The van der Waals surface area contributed by atoms with Crippen LogP contribution in [0.2, 0.25) is 0 Å². The highest BCUT2D eigenvalue weighted by Crippen LogP contribution is 2.37. The second kappa shape index (κ2) is 6.10. The summed E-state index contributed by atoms with van der Waals surface area (Å²) in [4.78, 5) is 11.5. The fourth-order valence-corrected chi connectivity index (χ4v) is 4.63. The molecular weight excluding hydrogens is 268 g/mol. The molecule has 1 aromatic rings. The second-order valence-corrected chi connectivity index (χ2v) is 7.24. The zero-order valence-electron chi connectivity index (χ0n) is 12.9. The Kier molecular flexibility index (Phi) is 4.40. The van der Waals surface area contributed by atoms with Crippen LogP contribution in [0, 0.1) is 0 Å². The first-order valence-electron chi connectivity index (χ1n) is 7.80. The lowest BCUT2D eigenvalue weighted by molar-refractivity contribution is 0.114. The standard InChI is InChI=1S/C15H26N4S/c1-4-16-11-6-5-7-13-14(11)17-15(20-13)12-10-18(2)8-9-19(12)3/h11-12,16H,4-10H2,1-3H3. The molecule has 1 saturated heterocycles. The normalized spacial score (nSPS) is 28.6. The number of thiazole rings is 1. The maximum atomic E-state index is 5.05. The minimum atomic E-state index is 0.478. The molecular formula is C15H26N4S. The van der Waals surface area contributed by atoms with Crippen molar-refractivity contribution in [2.45, 2.75) is 38.3 Å². The smallest absolute Gasteiger partial charge is 0.112 e. The third-order valence-corrected chi connectivity index (χ3v) is 5.79. The van der Waals surface area contributed by atoms with E-state index in [1.54, 1.807) is 0 Å². The zero-order valence-corrected chi connectivity index (χ0v) is 13.7. The first-order chi connectivity index (χ1) is 9.69. The average molecular weight is 294 g/mol. The molecule has 3 rings (SSSR count). The van der Waals surface area contributed by atoms with Crippen LogP contribution >= 0.6 is 11.3 Å². The molecule has 0 bridgehead atoms. The summed E-state index contributed by atoms with van der Waals surface area (Å²) < 4.78 is 0. The third kappa shape index (κ3) is 2.77. The van der Waals surface area contributed by atoms with Crippen molar-refractivity contribution in [2.24, 2.45) is 0 Å². The van der Waals surface area contributed by atoms with Crippen molar-refractivity contribution in [3.63, 3.8) is 0 Å². The van der Waals surface area contributed by atoms with E-state index in [1.165, 1.54) is 34.8 Å². The van der Waals surface area contributed by atoms with Gasteiger partial charge in [0.05, 0.1) is 17.8 Å². The number of aromatic nitrogens is 1. The van der Waals surface area contributed by atoms with Crippen LogP contribution < -0.4 is 5.32 Å². The number of rotatable bonds is 3. The molecule has 1 N–H and O–H groups in total. The van der Waals surface area contributed by atoms with Crippen LogP contribution in [0.4, 0.5) is 0 Å². The first kappa shape index (κ1) is 14.4. The molecule has 0 aromatic carbocycles. The topological polar surface area (TPSA) is 31.4 Å². The summed E-state index contributed by atoms with van der Waals surface area (Å²) in [5.74, 6) is 0. The lowest BCUT2D eigenvalue weighted by Crippen LogP contribution is -2.44. The molecule has 2 heterocycles. The minimum absolute atomic E-state index is 0.478. The molecule has 20 heavy (non-hydrogen) atoms. The van der Waals surface area contributed by atoms with Gasteiger partial charge in [-0.15, -0.1) is 11.3 Å². The van der Waals surface area contributed by atoms with E-state index in [-0.39, 0.29) is 0 Å². The summed E-state index contributed by atoms with van der Waals surface area (Å²) in [6, 6.07) is 0.965. The molecule has 0 amide bonds. The van der Waals surface area contributed by atoms with Gasteiger partial charge in [0.1, 0.15) is 5.01 Å². The van der Waals surface area contributed by atoms with Crippen molar-refractivity contribution in [1.82, 2.24) is 20.1 Å². The Balaban J connectivity index is 1.84. The van der Waals surface area contributed by atoms with Gasteiger partial charge in [-0.1, -0.05) is 6.92 Å². The van der Waals surface area contributed by atoms with Crippen molar-refractivity contribution in [1.29, 1.82) is 0 Å². The van der Waals surface area contributed by atoms with Gasteiger partial charge in [0.25, 0.3) is 0 Å². The molecule has 0 spiro atoms. The molecule has 0 saturated carbocycles. The number of likely N-dealkylation sites (N-methyl/N-ethyl adjacent to an activating group) is 2. The van der Waals surface area contributed by atoms with E-state index in [9.17, 15) is 0 Å². The van der Waals surface area contributed by atoms with Crippen LogP contribution in [0.3, 0.4) is 0 Å². The van der Waals surface area contributed by atoms with Crippen molar-refractivity contribution >= 4 is 11.3 Å². The van der Waals surface area contributed by atoms with Crippen LogP contribution in [-0.2, 0) is 6.42 Å². The molecule has 1 aliphatic heterocycles. The Morgan fingerprint density at radius 1 is 1.35 bits per heavy atom. The van der Waals surface area contributed by atoms with E-state index in [4.69, 9.17) is 4.98 Å². The van der Waals surface area contributed by atoms with Gasteiger partial charge in [-0.2, -0.15) is 0 Å². The molecule has 4 nitrogen and oxygen atoms in total. The van der Waals surface area contributed by atoms with E-state index in [0.717, 1.165) is 26.2 Å². The molecule has 0 radical (unpaired) electrons. The van der Waals surface area contributed by atoms with Crippen molar-refractivity contribution in [3.05, 3.63) is 15.6 Å². The molecule has 2 aliphatic rings. The Labute approximate surface area is 126 Å².